The highest BCUT2D eigenvalue weighted by molar-refractivity contribution is 5.32. The Bertz CT molecular complexity index is 305. The molecule has 0 aliphatic carbocycles. The molecule has 0 saturated heterocycles. The molecule has 2 nitrogen and oxygen atoms in total. The number of aliphatic hydroxyl groups excluding tert-OH is 1. The summed E-state index contributed by atoms with van der Waals surface area (Å²) in [4.78, 5) is 0. The van der Waals surface area contributed by atoms with E-state index in [1.54, 1.807) is 0 Å². The highest BCUT2D eigenvalue weighted by Gasteiger charge is 2.05. The van der Waals surface area contributed by atoms with Crippen LogP contribution in [-0.4, -0.2) is 17.8 Å². The number of nitrogens with one attached hydrogen (secondary N) is 1. The maximum absolute atomic E-state index is 9.07. The molecule has 0 bridgehead atoms. The Kier molecular flexibility index (Phi) is 4.79. The maximum atomic E-state index is 9.07. The van der Waals surface area contributed by atoms with Crippen LogP contribution in [0.25, 0.3) is 0 Å². The number of hydrogen-bond acceptors (Lipinski definition) is 2. The van der Waals surface area contributed by atoms with Gasteiger partial charge in [0.1, 0.15) is 0 Å². The minimum atomic E-state index is 0.210. The molecule has 0 amide bonds. The van der Waals surface area contributed by atoms with Crippen LogP contribution in [-0.2, 0) is 6.54 Å². The van der Waals surface area contributed by atoms with Gasteiger partial charge >= 0.3 is 0 Å². The fourth-order valence-corrected chi connectivity index (χ4v) is 1.60. The summed E-state index contributed by atoms with van der Waals surface area (Å²) in [7, 11) is 0. The van der Waals surface area contributed by atoms with Gasteiger partial charge in [-0.15, -0.1) is 0 Å². The lowest BCUT2D eigenvalue weighted by Gasteiger charge is -2.15. The fourth-order valence-electron chi connectivity index (χ4n) is 1.60. The minimum Gasteiger partial charge on any atom is -0.395 e. The lowest BCUT2D eigenvalue weighted by Crippen LogP contribution is -2.31. The standard InChI is InChI=1S/C13H21NO/c1-4-13(9-15)14-8-12-7-5-6-10(2)11(12)3/h5-7,13-15H,4,8-9H2,1-3H3/t13-/m0/s1. The monoisotopic (exact) mass is 207 g/mol. The molecule has 2 N–H and O–H groups in total. The third-order valence-corrected chi connectivity index (χ3v) is 3.01. The highest BCUT2D eigenvalue weighted by atomic mass is 16.3. The van der Waals surface area contributed by atoms with Gasteiger partial charge in [0.2, 0.25) is 0 Å². The first-order chi connectivity index (χ1) is 7.19. The van der Waals surface area contributed by atoms with Crippen LogP contribution in [0.2, 0.25) is 0 Å². The fraction of sp³-hybridized carbons (Fsp3) is 0.538. The molecule has 1 aromatic rings. The third kappa shape index (κ3) is 3.33. The zero-order valence-corrected chi connectivity index (χ0v) is 9.88. The second kappa shape index (κ2) is 5.89. The van der Waals surface area contributed by atoms with Gasteiger partial charge in [-0.2, -0.15) is 0 Å². The van der Waals surface area contributed by atoms with Crippen LogP contribution < -0.4 is 5.32 Å². The van der Waals surface area contributed by atoms with Crippen molar-refractivity contribution in [1.29, 1.82) is 0 Å². The predicted octanol–water partition coefficient (Wildman–Crippen LogP) is 2.16. The second-order valence-corrected chi connectivity index (χ2v) is 4.03. The van der Waals surface area contributed by atoms with Crippen molar-refractivity contribution in [3.63, 3.8) is 0 Å². The van der Waals surface area contributed by atoms with Crippen LogP contribution >= 0.6 is 0 Å². The summed E-state index contributed by atoms with van der Waals surface area (Å²) in [6.07, 6.45) is 0.960. The minimum absolute atomic E-state index is 0.210. The van der Waals surface area contributed by atoms with Crippen molar-refractivity contribution in [1.82, 2.24) is 5.32 Å². The van der Waals surface area contributed by atoms with E-state index in [9.17, 15) is 0 Å². The van der Waals surface area contributed by atoms with Gasteiger partial charge in [0, 0.05) is 12.6 Å². The Morgan fingerprint density at radius 3 is 2.67 bits per heavy atom. The summed E-state index contributed by atoms with van der Waals surface area (Å²) >= 11 is 0. The van der Waals surface area contributed by atoms with E-state index in [4.69, 9.17) is 5.11 Å². The van der Waals surface area contributed by atoms with Gasteiger partial charge in [0.05, 0.1) is 6.61 Å². The van der Waals surface area contributed by atoms with Gasteiger partial charge in [-0.3, -0.25) is 0 Å². The highest BCUT2D eigenvalue weighted by Crippen LogP contribution is 2.12. The molecule has 0 saturated carbocycles. The normalized spacial score (nSPS) is 12.8. The molecule has 15 heavy (non-hydrogen) atoms. The van der Waals surface area contributed by atoms with Crippen LogP contribution in [0.15, 0.2) is 18.2 Å². The summed E-state index contributed by atoms with van der Waals surface area (Å²) in [6, 6.07) is 6.56. The van der Waals surface area contributed by atoms with Crippen LogP contribution in [0.4, 0.5) is 0 Å². The molecule has 0 unspecified atom stereocenters. The molecule has 1 atom stereocenters. The average molecular weight is 207 g/mol. The zero-order valence-electron chi connectivity index (χ0n) is 9.88. The molecule has 0 spiro atoms. The smallest absolute Gasteiger partial charge is 0.0584 e. The molecule has 1 rings (SSSR count). The number of benzene rings is 1. The van der Waals surface area contributed by atoms with E-state index in [1.165, 1.54) is 16.7 Å². The van der Waals surface area contributed by atoms with Crippen LogP contribution in [0.1, 0.15) is 30.0 Å². The van der Waals surface area contributed by atoms with Crippen molar-refractivity contribution in [3.8, 4) is 0 Å². The third-order valence-electron chi connectivity index (χ3n) is 3.01. The SMILES string of the molecule is CC[C@@H](CO)NCc1cccc(C)c1C. The van der Waals surface area contributed by atoms with Gasteiger partial charge in [0.15, 0.2) is 0 Å². The van der Waals surface area contributed by atoms with Gasteiger partial charge in [-0.25, -0.2) is 0 Å². The van der Waals surface area contributed by atoms with Crippen molar-refractivity contribution >= 4 is 0 Å². The summed E-state index contributed by atoms with van der Waals surface area (Å²) in [6.45, 7) is 7.40. The van der Waals surface area contributed by atoms with Crippen LogP contribution in [0.5, 0.6) is 0 Å². The van der Waals surface area contributed by atoms with Gasteiger partial charge in [-0.05, 0) is 37.0 Å². The number of rotatable bonds is 5. The van der Waals surface area contributed by atoms with Gasteiger partial charge < -0.3 is 10.4 Å². The van der Waals surface area contributed by atoms with Crippen molar-refractivity contribution in [2.24, 2.45) is 0 Å². The Morgan fingerprint density at radius 2 is 2.07 bits per heavy atom. The molecule has 0 aliphatic rings. The number of aliphatic hydroxyl groups is 1. The van der Waals surface area contributed by atoms with E-state index in [2.05, 4.69) is 44.3 Å². The summed E-state index contributed by atoms with van der Waals surface area (Å²) in [5.41, 5.74) is 3.99. The van der Waals surface area contributed by atoms with Crippen molar-refractivity contribution in [3.05, 3.63) is 34.9 Å². The number of aryl methyl sites for hydroxylation is 1. The molecule has 0 aliphatic heterocycles. The Labute approximate surface area is 92.3 Å². The average Bonchev–Trinajstić information content (AvgIpc) is 2.25. The van der Waals surface area contributed by atoms with Crippen LogP contribution in [0, 0.1) is 13.8 Å². The van der Waals surface area contributed by atoms with Crippen molar-refractivity contribution < 1.29 is 5.11 Å². The van der Waals surface area contributed by atoms with E-state index >= 15 is 0 Å². The summed E-state index contributed by atoms with van der Waals surface area (Å²) in [5.74, 6) is 0. The quantitative estimate of drug-likeness (QED) is 0.775. The molecule has 0 radical (unpaired) electrons. The largest absolute Gasteiger partial charge is 0.395 e. The Hall–Kier alpha value is -0.860. The van der Waals surface area contributed by atoms with Gasteiger partial charge in [-0.1, -0.05) is 25.1 Å². The first-order valence-electron chi connectivity index (χ1n) is 5.58. The molecule has 84 valence electrons. The lowest BCUT2D eigenvalue weighted by atomic mass is 10.0. The van der Waals surface area contributed by atoms with E-state index in [0.29, 0.717) is 0 Å². The van der Waals surface area contributed by atoms with Crippen LogP contribution in [0.3, 0.4) is 0 Å². The Balaban J connectivity index is 2.61. The van der Waals surface area contributed by atoms with Crippen molar-refractivity contribution in [2.45, 2.75) is 39.8 Å². The van der Waals surface area contributed by atoms with E-state index in [-0.39, 0.29) is 12.6 Å². The first-order valence-corrected chi connectivity index (χ1v) is 5.58. The zero-order chi connectivity index (χ0) is 11.3. The second-order valence-electron chi connectivity index (χ2n) is 4.03. The van der Waals surface area contributed by atoms with Gasteiger partial charge in [0.25, 0.3) is 0 Å². The lowest BCUT2D eigenvalue weighted by molar-refractivity contribution is 0.238. The van der Waals surface area contributed by atoms with E-state index < -0.39 is 0 Å². The van der Waals surface area contributed by atoms with E-state index in [1.807, 2.05) is 0 Å². The van der Waals surface area contributed by atoms with Crippen molar-refractivity contribution in [2.75, 3.05) is 6.61 Å². The number of hydrogen-bond donors (Lipinski definition) is 2. The summed E-state index contributed by atoms with van der Waals surface area (Å²) in [5, 5.41) is 12.4. The Morgan fingerprint density at radius 1 is 1.33 bits per heavy atom. The topological polar surface area (TPSA) is 32.3 Å². The molecule has 1 aromatic carbocycles. The molecule has 0 fully saturated rings. The molecular weight excluding hydrogens is 186 g/mol. The van der Waals surface area contributed by atoms with E-state index in [0.717, 1.165) is 13.0 Å². The molecule has 0 heterocycles. The summed E-state index contributed by atoms with van der Waals surface area (Å²) < 4.78 is 0. The molecule has 2 heteroatoms. The predicted molar refractivity (Wildman–Crippen MR) is 63.9 cm³/mol. The maximum Gasteiger partial charge on any atom is 0.0584 e. The molecule has 0 aromatic heterocycles. The first kappa shape index (κ1) is 12.2. The molecular formula is C13H21NO.